The molecule has 9 nitrogen and oxygen atoms in total. The largest absolute Gasteiger partial charge is 0.492 e. The lowest BCUT2D eigenvalue weighted by Gasteiger charge is -2.47. The van der Waals surface area contributed by atoms with Gasteiger partial charge in [-0.15, -0.1) is 0 Å². The number of carbonyl (C=O) groups is 1. The van der Waals surface area contributed by atoms with Gasteiger partial charge in [0.1, 0.15) is 18.3 Å². The second-order valence-electron chi connectivity index (χ2n) is 6.10. The molecule has 0 saturated heterocycles. The van der Waals surface area contributed by atoms with Crippen LogP contribution in [0.4, 0.5) is 0 Å². The van der Waals surface area contributed by atoms with Crippen molar-refractivity contribution in [2.45, 2.75) is 36.4 Å². The number of fused-ring (bicyclic) bond motifs is 4. The van der Waals surface area contributed by atoms with E-state index in [1.165, 1.54) is 13.2 Å². The molecule has 1 aromatic rings. The quantitative estimate of drug-likeness (QED) is 0.399. The molecule has 1 aromatic carbocycles. The van der Waals surface area contributed by atoms with Gasteiger partial charge >= 0.3 is 0 Å². The van der Waals surface area contributed by atoms with Gasteiger partial charge < -0.3 is 40.0 Å². The smallest absolute Gasteiger partial charge is 0.255 e. The van der Waals surface area contributed by atoms with Crippen molar-refractivity contribution in [1.29, 1.82) is 0 Å². The van der Waals surface area contributed by atoms with Gasteiger partial charge in [0, 0.05) is 5.92 Å². The minimum Gasteiger partial charge on any atom is -0.492 e. The molecule has 130 valence electrons. The lowest BCUT2D eigenvalue weighted by molar-refractivity contribution is -0.155. The first kappa shape index (κ1) is 15.5. The number of hydrogen-bond donors (Lipinski definition) is 5. The number of rotatable bonds is 1. The van der Waals surface area contributed by atoms with Gasteiger partial charge in [0.15, 0.2) is 11.5 Å². The number of aliphatic hydroxyl groups excluding tert-OH is 4. The number of carbonyl (C=O) groups excluding carboxylic acids is 1. The summed E-state index contributed by atoms with van der Waals surface area (Å²) in [6.45, 7) is -0.0309. The van der Waals surface area contributed by atoms with Crippen LogP contribution in [0.3, 0.4) is 0 Å². The van der Waals surface area contributed by atoms with E-state index in [1.54, 1.807) is 0 Å². The van der Waals surface area contributed by atoms with Crippen LogP contribution in [-0.2, 0) is 0 Å². The number of benzene rings is 1. The Morgan fingerprint density at radius 3 is 2.54 bits per heavy atom. The maximum absolute atomic E-state index is 12.5. The predicted octanol–water partition coefficient (Wildman–Crippen LogP) is -1.92. The molecule has 0 spiro atoms. The summed E-state index contributed by atoms with van der Waals surface area (Å²) in [5.74, 6) is -0.568. The average Bonchev–Trinajstić information content (AvgIpc) is 3.04. The van der Waals surface area contributed by atoms with Gasteiger partial charge in [-0.2, -0.15) is 0 Å². The molecular weight excluding hydrogens is 322 g/mol. The van der Waals surface area contributed by atoms with Crippen LogP contribution < -0.4 is 19.5 Å². The lowest BCUT2D eigenvalue weighted by Crippen LogP contribution is -2.66. The summed E-state index contributed by atoms with van der Waals surface area (Å²) in [7, 11) is 1.38. The van der Waals surface area contributed by atoms with Gasteiger partial charge in [-0.3, -0.25) is 4.79 Å². The Kier molecular flexibility index (Phi) is 3.36. The number of nitrogens with one attached hydrogen (secondary N) is 1. The summed E-state index contributed by atoms with van der Waals surface area (Å²) in [5, 5.41) is 43.1. The molecule has 5 N–H and O–H groups in total. The fourth-order valence-electron chi connectivity index (χ4n) is 3.75. The van der Waals surface area contributed by atoms with E-state index in [1.807, 2.05) is 0 Å². The van der Waals surface area contributed by atoms with Gasteiger partial charge in [-0.05, 0) is 11.6 Å². The van der Waals surface area contributed by atoms with Gasteiger partial charge in [0.2, 0.25) is 12.5 Å². The van der Waals surface area contributed by atoms with E-state index in [4.69, 9.17) is 14.2 Å². The first-order chi connectivity index (χ1) is 11.5. The number of aliphatic hydroxyl groups is 4. The molecule has 6 atom stereocenters. The molecule has 9 heteroatoms. The van der Waals surface area contributed by atoms with Gasteiger partial charge in [-0.25, -0.2) is 0 Å². The van der Waals surface area contributed by atoms with Crippen LogP contribution in [0, 0.1) is 0 Å². The molecule has 0 bridgehead atoms. The van der Waals surface area contributed by atoms with E-state index in [-0.39, 0.29) is 23.9 Å². The van der Waals surface area contributed by atoms with Crippen LogP contribution in [0.25, 0.3) is 0 Å². The number of hydrogen-bond acceptors (Lipinski definition) is 8. The molecule has 24 heavy (non-hydrogen) atoms. The van der Waals surface area contributed by atoms with E-state index in [0.29, 0.717) is 11.3 Å². The monoisotopic (exact) mass is 339 g/mol. The maximum Gasteiger partial charge on any atom is 0.255 e. The maximum atomic E-state index is 12.5. The van der Waals surface area contributed by atoms with E-state index in [2.05, 4.69) is 5.32 Å². The zero-order chi connectivity index (χ0) is 17.2. The van der Waals surface area contributed by atoms with Crippen LogP contribution in [0.15, 0.2) is 6.07 Å². The highest BCUT2D eigenvalue weighted by Crippen LogP contribution is 2.50. The molecule has 1 aliphatic carbocycles. The normalized spacial score (nSPS) is 36.6. The van der Waals surface area contributed by atoms with E-state index < -0.39 is 42.3 Å². The lowest BCUT2D eigenvalue weighted by atomic mass is 9.70. The summed E-state index contributed by atoms with van der Waals surface area (Å²) < 4.78 is 16.0. The molecule has 0 aromatic heterocycles. The Balaban J connectivity index is 1.92. The molecule has 2 aliphatic heterocycles. The molecule has 1 amide bonds. The average molecular weight is 339 g/mol. The Labute approximate surface area is 136 Å². The van der Waals surface area contributed by atoms with Crippen molar-refractivity contribution >= 4 is 5.91 Å². The second kappa shape index (κ2) is 5.21. The third-order valence-corrected chi connectivity index (χ3v) is 4.91. The van der Waals surface area contributed by atoms with E-state index in [0.717, 1.165) is 0 Å². The summed E-state index contributed by atoms with van der Waals surface area (Å²) in [5.41, 5.74) is 0.514. The summed E-state index contributed by atoms with van der Waals surface area (Å²) in [6, 6.07) is 0.584. The summed E-state index contributed by atoms with van der Waals surface area (Å²) in [6.07, 6.45) is -5.95. The number of ether oxygens (including phenoxy) is 3. The Morgan fingerprint density at radius 1 is 1.12 bits per heavy atom. The van der Waals surface area contributed by atoms with Crippen molar-refractivity contribution in [3.63, 3.8) is 0 Å². The zero-order valence-electron chi connectivity index (χ0n) is 12.7. The molecule has 1 saturated carbocycles. The van der Waals surface area contributed by atoms with E-state index >= 15 is 0 Å². The Morgan fingerprint density at radius 2 is 1.83 bits per heavy atom. The molecule has 0 unspecified atom stereocenters. The second-order valence-corrected chi connectivity index (χ2v) is 6.10. The van der Waals surface area contributed by atoms with Gasteiger partial charge in [0.25, 0.3) is 5.91 Å². The van der Waals surface area contributed by atoms with Crippen molar-refractivity contribution in [3.05, 3.63) is 17.2 Å². The molecular formula is C15H17NO8. The molecule has 4 rings (SSSR count). The summed E-state index contributed by atoms with van der Waals surface area (Å²) in [4.78, 5) is 12.5. The highest BCUT2D eigenvalue weighted by molar-refractivity contribution is 6.01. The van der Waals surface area contributed by atoms with Crippen molar-refractivity contribution in [2.24, 2.45) is 0 Å². The first-order valence-corrected chi connectivity index (χ1v) is 7.49. The van der Waals surface area contributed by atoms with Crippen LogP contribution in [0.1, 0.15) is 21.8 Å². The SMILES string of the molecule is COc1c2c(cc3c1C(=O)N[C@H]1[C@H](O)[C@H](O)[C@@H](O)[C@H](O)[C@H]31)OCO2. The van der Waals surface area contributed by atoms with Crippen LogP contribution >= 0.6 is 0 Å². The highest BCUT2D eigenvalue weighted by Gasteiger charge is 2.53. The molecule has 3 aliphatic rings. The fourth-order valence-corrected chi connectivity index (χ4v) is 3.75. The van der Waals surface area contributed by atoms with Crippen molar-refractivity contribution in [2.75, 3.05) is 13.9 Å². The standard InChI is InChI=1S/C15H17NO8/c1-22-14-7-4(2-5-13(14)24-3-23-5)6-8(16-15(7)21)10(18)12(20)11(19)9(6)17/h2,6,8-12,17-20H,3H2,1H3,(H,16,21)/t6-,8-,9-,10+,11+,12+/m1/s1. The van der Waals surface area contributed by atoms with Gasteiger partial charge in [-0.1, -0.05) is 0 Å². The minimum atomic E-state index is -1.57. The Hall–Kier alpha value is -2.07. The number of methoxy groups -OCH3 is 1. The van der Waals surface area contributed by atoms with E-state index in [9.17, 15) is 25.2 Å². The van der Waals surface area contributed by atoms with Gasteiger partial charge in [0.05, 0.1) is 24.8 Å². The van der Waals surface area contributed by atoms with Crippen LogP contribution in [0.2, 0.25) is 0 Å². The number of amides is 1. The minimum absolute atomic E-state index is 0.0309. The van der Waals surface area contributed by atoms with Crippen molar-refractivity contribution in [3.8, 4) is 17.2 Å². The van der Waals surface area contributed by atoms with Crippen LogP contribution in [0.5, 0.6) is 17.2 Å². The molecule has 1 fully saturated rings. The third kappa shape index (κ3) is 1.86. The zero-order valence-corrected chi connectivity index (χ0v) is 12.7. The molecule has 2 heterocycles. The first-order valence-electron chi connectivity index (χ1n) is 7.49. The molecule has 0 radical (unpaired) electrons. The fraction of sp³-hybridized carbons (Fsp3) is 0.533. The Bertz CT molecular complexity index is 707. The third-order valence-electron chi connectivity index (χ3n) is 4.91. The van der Waals surface area contributed by atoms with Crippen molar-refractivity contribution < 1.29 is 39.4 Å². The topological polar surface area (TPSA) is 138 Å². The highest BCUT2D eigenvalue weighted by atomic mass is 16.7. The summed E-state index contributed by atoms with van der Waals surface area (Å²) >= 11 is 0. The predicted molar refractivity (Wildman–Crippen MR) is 77.1 cm³/mol. The van der Waals surface area contributed by atoms with Crippen LogP contribution in [-0.4, -0.2) is 70.7 Å². The van der Waals surface area contributed by atoms with Crippen molar-refractivity contribution in [1.82, 2.24) is 5.32 Å².